The van der Waals surface area contributed by atoms with E-state index in [-0.39, 0.29) is 17.4 Å². The second-order valence-corrected chi connectivity index (χ2v) is 7.19. The summed E-state index contributed by atoms with van der Waals surface area (Å²) >= 11 is 5.95. The quantitative estimate of drug-likeness (QED) is 0.589. The lowest BCUT2D eigenvalue weighted by Gasteiger charge is -2.13. The van der Waals surface area contributed by atoms with Gasteiger partial charge in [0.25, 0.3) is 5.91 Å². The van der Waals surface area contributed by atoms with Gasteiger partial charge >= 0.3 is 0 Å². The molecule has 0 radical (unpaired) electrons. The zero-order valence-corrected chi connectivity index (χ0v) is 17.8. The Kier molecular flexibility index (Phi) is 7.21. The molecule has 0 spiro atoms. The van der Waals surface area contributed by atoms with Crippen molar-refractivity contribution in [3.05, 3.63) is 65.3 Å². The van der Waals surface area contributed by atoms with Crippen LogP contribution in [0.4, 0.5) is 0 Å². The number of hydrogen-bond acceptors (Lipinski definition) is 6. The van der Waals surface area contributed by atoms with Gasteiger partial charge in [0.15, 0.2) is 5.82 Å². The Morgan fingerprint density at radius 2 is 1.73 bits per heavy atom. The SMILES string of the molecule is COc1ccc(-c2ncc(C(=O)NCCN(C)C)c(Oc3ccc(Cl)cc3)n2)cc1. The Labute approximate surface area is 180 Å². The van der Waals surface area contributed by atoms with E-state index in [1.54, 1.807) is 31.4 Å². The smallest absolute Gasteiger partial charge is 0.258 e. The number of ether oxygens (including phenoxy) is 2. The molecule has 0 atom stereocenters. The first-order valence-electron chi connectivity index (χ1n) is 9.34. The first-order chi connectivity index (χ1) is 14.5. The Bertz CT molecular complexity index is 992. The van der Waals surface area contributed by atoms with E-state index in [2.05, 4.69) is 15.3 Å². The number of methoxy groups -OCH3 is 1. The molecule has 3 rings (SSSR count). The lowest BCUT2D eigenvalue weighted by atomic mass is 10.2. The zero-order chi connectivity index (χ0) is 21.5. The first-order valence-corrected chi connectivity index (χ1v) is 9.72. The van der Waals surface area contributed by atoms with Gasteiger partial charge in [-0.2, -0.15) is 4.98 Å². The molecule has 8 heteroatoms. The molecule has 0 saturated heterocycles. The molecule has 1 heterocycles. The van der Waals surface area contributed by atoms with Gasteiger partial charge in [-0.1, -0.05) is 11.6 Å². The third kappa shape index (κ3) is 5.68. The number of rotatable bonds is 8. The number of halogens is 1. The van der Waals surface area contributed by atoms with Crippen LogP contribution < -0.4 is 14.8 Å². The summed E-state index contributed by atoms with van der Waals surface area (Å²) in [5.41, 5.74) is 1.03. The summed E-state index contributed by atoms with van der Waals surface area (Å²) in [6, 6.07) is 14.2. The highest BCUT2D eigenvalue weighted by Crippen LogP contribution is 2.27. The van der Waals surface area contributed by atoms with E-state index in [1.807, 2.05) is 43.3 Å². The highest BCUT2D eigenvalue weighted by Gasteiger charge is 2.18. The Balaban J connectivity index is 1.91. The van der Waals surface area contributed by atoms with Gasteiger partial charge in [0, 0.05) is 29.9 Å². The number of likely N-dealkylation sites (N-methyl/N-ethyl adjacent to an activating group) is 1. The molecule has 0 fully saturated rings. The summed E-state index contributed by atoms with van der Waals surface area (Å²) in [4.78, 5) is 23.5. The number of aromatic nitrogens is 2. The maximum Gasteiger partial charge on any atom is 0.258 e. The fourth-order valence-corrected chi connectivity index (χ4v) is 2.71. The molecule has 0 bridgehead atoms. The summed E-state index contributed by atoms with van der Waals surface area (Å²) in [7, 11) is 5.48. The van der Waals surface area contributed by atoms with Gasteiger partial charge in [-0.3, -0.25) is 4.79 Å². The van der Waals surface area contributed by atoms with Crippen LogP contribution in [0.2, 0.25) is 5.02 Å². The average molecular weight is 427 g/mol. The maximum absolute atomic E-state index is 12.7. The summed E-state index contributed by atoms with van der Waals surface area (Å²) in [6.45, 7) is 1.20. The minimum atomic E-state index is -0.304. The van der Waals surface area contributed by atoms with Gasteiger partial charge in [0.05, 0.1) is 7.11 Å². The molecule has 1 N–H and O–H groups in total. The van der Waals surface area contributed by atoms with Crippen LogP contribution in [0.15, 0.2) is 54.7 Å². The van der Waals surface area contributed by atoms with Crippen LogP contribution in [0.3, 0.4) is 0 Å². The Morgan fingerprint density at radius 3 is 2.37 bits per heavy atom. The molecule has 0 aliphatic carbocycles. The minimum absolute atomic E-state index is 0.167. The van der Waals surface area contributed by atoms with Crippen molar-refractivity contribution in [1.82, 2.24) is 20.2 Å². The topological polar surface area (TPSA) is 76.6 Å². The van der Waals surface area contributed by atoms with Crippen molar-refractivity contribution < 1.29 is 14.3 Å². The number of benzene rings is 2. The standard InChI is InChI=1S/C22H23ClN4O3/c1-27(2)13-12-24-21(28)19-14-25-20(15-4-8-17(29-3)9-5-15)26-22(19)30-18-10-6-16(23)7-11-18/h4-11,14H,12-13H2,1-3H3,(H,24,28). The van der Waals surface area contributed by atoms with Gasteiger partial charge in [0.2, 0.25) is 5.88 Å². The van der Waals surface area contributed by atoms with Crippen molar-refractivity contribution >= 4 is 17.5 Å². The fraction of sp³-hybridized carbons (Fsp3) is 0.227. The first kappa shape index (κ1) is 21.5. The molecule has 30 heavy (non-hydrogen) atoms. The Morgan fingerprint density at radius 1 is 1.07 bits per heavy atom. The molecule has 0 aliphatic heterocycles. The van der Waals surface area contributed by atoms with E-state index in [0.717, 1.165) is 11.3 Å². The third-order valence-corrected chi connectivity index (χ3v) is 4.47. The predicted molar refractivity (Wildman–Crippen MR) is 116 cm³/mol. The van der Waals surface area contributed by atoms with Crippen LogP contribution >= 0.6 is 11.6 Å². The second kappa shape index (κ2) is 10.0. The van der Waals surface area contributed by atoms with Crippen LogP contribution in [-0.2, 0) is 0 Å². The molecule has 7 nitrogen and oxygen atoms in total. The Hall–Kier alpha value is -3.16. The molecule has 1 aromatic heterocycles. The van der Waals surface area contributed by atoms with E-state index in [9.17, 15) is 4.79 Å². The predicted octanol–water partition coefficient (Wildman–Crippen LogP) is 3.89. The normalized spacial score (nSPS) is 10.7. The number of nitrogens with one attached hydrogen (secondary N) is 1. The molecule has 0 aliphatic rings. The molecule has 3 aromatic rings. The summed E-state index contributed by atoms with van der Waals surface area (Å²) < 4.78 is 11.1. The lowest BCUT2D eigenvalue weighted by Crippen LogP contribution is -2.31. The van der Waals surface area contributed by atoms with E-state index in [1.165, 1.54) is 6.20 Å². The molecule has 0 unspecified atom stereocenters. The van der Waals surface area contributed by atoms with E-state index in [0.29, 0.717) is 29.7 Å². The maximum atomic E-state index is 12.7. The molecule has 1 amide bonds. The van der Waals surface area contributed by atoms with E-state index < -0.39 is 0 Å². The highest BCUT2D eigenvalue weighted by molar-refractivity contribution is 6.30. The largest absolute Gasteiger partial charge is 0.497 e. The molecule has 0 saturated carbocycles. The van der Waals surface area contributed by atoms with Crippen LogP contribution in [0.5, 0.6) is 17.4 Å². The zero-order valence-electron chi connectivity index (χ0n) is 17.1. The monoisotopic (exact) mass is 426 g/mol. The van der Waals surface area contributed by atoms with Crippen LogP contribution in [0.1, 0.15) is 10.4 Å². The van der Waals surface area contributed by atoms with Crippen molar-refractivity contribution in [2.24, 2.45) is 0 Å². The number of nitrogens with zero attached hydrogens (tertiary/aromatic N) is 3. The molecular weight excluding hydrogens is 404 g/mol. The second-order valence-electron chi connectivity index (χ2n) is 6.76. The number of hydrogen-bond donors (Lipinski definition) is 1. The van der Waals surface area contributed by atoms with Crippen LogP contribution in [-0.4, -0.2) is 55.1 Å². The molecule has 156 valence electrons. The molecule has 2 aromatic carbocycles. The fourth-order valence-electron chi connectivity index (χ4n) is 2.58. The third-order valence-electron chi connectivity index (χ3n) is 4.22. The van der Waals surface area contributed by atoms with E-state index in [4.69, 9.17) is 21.1 Å². The average Bonchev–Trinajstić information content (AvgIpc) is 2.75. The van der Waals surface area contributed by atoms with Crippen molar-refractivity contribution in [3.63, 3.8) is 0 Å². The summed E-state index contributed by atoms with van der Waals surface area (Å²) in [5.74, 6) is 1.54. The van der Waals surface area contributed by atoms with Crippen molar-refractivity contribution in [2.45, 2.75) is 0 Å². The van der Waals surface area contributed by atoms with Crippen molar-refractivity contribution in [1.29, 1.82) is 0 Å². The summed E-state index contributed by atoms with van der Waals surface area (Å²) in [6.07, 6.45) is 1.48. The summed E-state index contributed by atoms with van der Waals surface area (Å²) in [5, 5.41) is 3.45. The van der Waals surface area contributed by atoms with Gasteiger partial charge in [-0.05, 0) is 62.6 Å². The van der Waals surface area contributed by atoms with Crippen LogP contribution in [0, 0.1) is 0 Å². The number of carbonyl (C=O) groups excluding carboxylic acids is 1. The number of carbonyl (C=O) groups is 1. The lowest BCUT2D eigenvalue weighted by molar-refractivity contribution is 0.0947. The van der Waals surface area contributed by atoms with Crippen molar-refractivity contribution in [2.75, 3.05) is 34.3 Å². The van der Waals surface area contributed by atoms with Gasteiger partial charge in [0.1, 0.15) is 17.1 Å². The van der Waals surface area contributed by atoms with Crippen molar-refractivity contribution in [3.8, 4) is 28.8 Å². The van der Waals surface area contributed by atoms with Gasteiger partial charge in [-0.15, -0.1) is 0 Å². The van der Waals surface area contributed by atoms with Crippen LogP contribution in [0.25, 0.3) is 11.4 Å². The van der Waals surface area contributed by atoms with Gasteiger partial charge < -0.3 is 19.7 Å². The number of amides is 1. The highest BCUT2D eigenvalue weighted by atomic mass is 35.5. The van der Waals surface area contributed by atoms with Gasteiger partial charge in [-0.25, -0.2) is 4.98 Å². The molecular formula is C22H23ClN4O3. The van der Waals surface area contributed by atoms with E-state index >= 15 is 0 Å². The minimum Gasteiger partial charge on any atom is -0.497 e.